The van der Waals surface area contributed by atoms with Crippen molar-refractivity contribution >= 4 is 22.8 Å². The maximum atomic E-state index is 4.95. The molecule has 0 aromatic heterocycles. The molecule has 2 aliphatic carbocycles. The van der Waals surface area contributed by atoms with Crippen LogP contribution in [0.2, 0.25) is 0 Å². The van der Waals surface area contributed by atoms with Crippen molar-refractivity contribution in [3.8, 4) is 0 Å². The molecule has 0 unspecified atom stereocenters. The Morgan fingerprint density at radius 2 is 1.24 bits per heavy atom. The zero-order valence-electron chi connectivity index (χ0n) is 13.1. The van der Waals surface area contributed by atoms with Crippen LogP contribution in [0.15, 0.2) is 45.4 Å². The maximum Gasteiger partial charge on any atom is 0.0892 e. The summed E-state index contributed by atoms with van der Waals surface area (Å²) in [6, 6.07) is 4.34. The second-order valence-corrected chi connectivity index (χ2v) is 6.62. The van der Waals surface area contributed by atoms with Crippen LogP contribution in [0.5, 0.6) is 0 Å². The van der Waals surface area contributed by atoms with Gasteiger partial charge in [0.25, 0.3) is 0 Å². The molecule has 0 saturated heterocycles. The van der Waals surface area contributed by atoms with E-state index in [0.29, 0.717) is 11.8 Å². The van der Waals surface area contributed by atoms with Crippen molar-refractivity contribution in [3.05, 3.63) is 46.6 Å². The Kier molecular flexibility index (Phi) is 2.59. The van der Waals surface area contributed by atoms with Gasteiger partial charge in [-0.1, -0.05) is 11.1 Å². The Hall–Kier alpha value is -1.96. The van der Waals surface area contributed by atoms with Crippen molar-refractivity contribution in [2.24, 2.45) is 21.8 Å². The van der Waals surface area contributed by atoms with Crippen LogP contribution in [0.1, 0.15) is 31.4 Å². The molecule has 21 heavy (non-hydrogen) atoms. The largest absolute Gasteiger partial charge is 0.250 e. The van der Waals surface area contributed by atoms with Gasteiger partial charge in [-0.2, -0.15) is 0 Å². The number of fused-ring (bicyclic) bond motifs is 2. The van der Waals surface area contributed by atoms with Gasteiger partial charge >= 0.3 is 0 Å². The fourth-order valence-electron chi connectivity index (χ4n) is 3.69. The third kappa shape index (κ3) is 1.85. The first-order valence-electron chi connectivity index (χ1n) is 7.68. The molecule has 2 heteroatoms. The lowest BCUT2D eigenvalue weighted by molar-refractivity contribution is 0.587. The second kappa shape index (κ2) is 4.27. The number of rotatable bonds is 0. The summed E-state index contributed by atoms with van der Waals surface area (Å²) in [5, 5.41) is 0. The lowest BCUT2D eigenvalue weighted by Crippen LogP contribution is -2.33. The molecule has 0 N–H and O–H groups in total. The van der Waals surface area contributed by atoms with Gasteiger partial charge in [-0.15, -0.1) is 0 Å². The van der Waals surface area contributed by atoms with E-state index in [4.69, 9.17) is 9.98 Å². The fraction of sp³-hybridized carbons (Fsp3) is 0.368. The van der Waals surface area contributed by atoms with Gasteiger partial charge in [-0.05, 0) is 69.5 Å². The van der Waals surface area contributed by atoms with Gasteiger partial charge in [0.15, 0.2) is 0 Å². The number of hydrogen-bond donors (Lipinski definition) is 0. The fourth-order valence-corrected chi connectivity index (χ4v) is 3.69. The van der Waals surface area contributed by atoms with Crippen LogP contribution in [-0.4, -0.2) is 11.4 Å². The van der Waals surface area contributed by atoms with Gasteiger partial charge in [-0.25, -0.2) is 0 Å². The van der Waals surface area contributed by atoms with Gasteiger partial charge in [-0.3, -0.25) is 9.98 Å². The summed E-state index contributed by atoms with van der Waals surface area (Å²) in [7, 11) is 0. The minimum absolute atomic E-state index is 0.371. The number of hydrogen-bond acceptors (Lipinski definition) is 2. The Morgan fingerprint density at radius 1 is 0.762 bits per heavy atom. The van der Waals surface area contributed by atoms with Crippen LogP contribution in [0, 0.1) is 25.7 Å². The van der Waals surface area contributed by atoms with Gasteiger partial charge in [0, 0.05) is 11.8 Å². The monoisotopic (exact) mass is 276 g/mol. The number of aliphatic imine (C=N–C) groups is 2. The molecule has 2 nitrogen and oxygen atoms in total. The lowest BCUT2D eigenvalue weighted by atomic mass is 9.71. The first-order chi connectivity index (χ1) is 10.0. The van der Waals surface area contributed by atoms with Gasteiger partial charge in [0.1, 0.15) is 0 Å². The summed E-state index contributed by atoms with van der Waals surface area (Å²) < 4.78 is 0. The Labute approximate surface area is 126 Å². The highest BCUT2D eigenvalue weighted by Crippen LogP contribution is 2.43. The molecule has 1 aliphatic heterocycles. The van der Waals surface area contributed by atoms with Crippen molar-refractivity contribution in [3.63, 3.8) is 0 Å². The van der Waals surface area contributed by atoms with E-state index in [1.165, 1.54) is 33.7 Å². The van der Waals surface area contributed by atoms with E-state index in [1.54, 1.807) is 0 Å². The van der Waals surface area contributed by atoms with Gasteiger partial charge in [0.05, 0.1) is 22.8 Å². The molecule has 0 saturated carbocycles. The van der Waals surface area contributed by atoms with E-state index in [-0.39, 0.29) is 0 Å². The van der Waals surface area contributed by atoms with Crippen molar-refractivity contribution in [1.29, 1.82) is 0 Å². The minimum Gasteiger partial charge on any atom is -0.250 e. The first kappa shape index (κ1) is 12.8. The van der Waals surface area contributed by atoms with Gasteiger partial charge in [0.2, 0.25) is 0 Å². The molecule has 2 bridgehead atoms. The molecule has 1 aromatic rings. The minimum atomic E-state index is 0.371. The summed E-state index contributed by atoms with van der Waals surface area (Å²) >= 11 is 0. The van der Waals surface area contributed by atoms with E-state index in [0.717, 1.165) is 17.8 Å². The van der Waals surface area contributed by atoms with Crippen molar-refractivity contribution in [2.45, 2.75) is 34.1 Å². The van der Waals surface area contributed by atoms with E-state index in [1.807, 2.05) is 0 Å². The molecule has 4 rings (SSSR count). The third-order valence-electron chi connectivity index (χ3n) is 5.13. The van der Waals surface area contributed by atoms with Crippen molar-refractivity contribution < 1.29 is 0 Å². The summed E-state index contributed by atoms with van der Waals surface area (Å²) in [6.07, 6.45) is 5.71. The molecule has 0 radical (unpaired) electrons. The average Bonchev–Trinajstić information content (AvgIpc) is 2.57. The predicted octanol–water partition coefficient (Wildman–Crippen LogP) is 5.00. The molecule has 1 aromatic carbocycles. The van der Waals surface area contributed by atoms with Crippen LogP contribution in [0.3, 0.4) is 0 Å². The van der Waals surface area contributed by atoms with Gasteiger partial charge < -0.3 is 0 Å². The zero-order chi connectivity index (χ0) is 14.7. The molecule has 1 heterocycles. The van der Waals surface area contributed by atoms with E-state index >= 15 is 0 Å². The first-order valence-corrected chi connectivity index (χ1v) is 7.68. The van der Waals surface area contributed by atoms with Crippen LogP contribution in [-0.2, 0) is 0 Å². The van der Waals surface area contributed by atoms with Crippen molar-refractivity contribution in [1.82, 2.24) is 0 Å². The molecule has 3 aliphatic rings. The summed E-state index contributed by atoms with van der Waals surface area (Å²) in [6.45, 7) is 8.75. The van der Waals surface area contributed by atoms with E-state index in [9.17, 15) is 0 Å². The van der Waals surface area contributed by atoms with Crippen LogP contribution >= 0.6 is 0 Å². The molecule has 0 atom stereocenters. The molecule has 106 valence electrons. The lowest BCUT2D eigenvalue weighted by Gasteiger charge is -2.34. The highest BCUT2D eigenvalue weighted by atomic mass is 14.9. The predicted molar refractivity (Wildman–Crippen MR) is 89.2 cm³/mol. The molecule has 0 amide bonds. The third-order valence-corrected chi connectivity index (χ3v) is 5.13. The Bertz CT molecular complexity index is 712. The molecular weight excluding hydrogens is 256 g/mol. The Morgan fingerprint density at radius 3 is 1.71 bits per heavy atom. The second-order valence-electron chi connectivity index (χ2n) is 6.62. The molecule has 0 fully saturated rings. The molecule has 0 spiro atoms. The topological polar surface area (TPSA) is 24.7 Å². The van der Waals surface area contributed by atoms with Crippen LogP contribution in [0.25, 0.3) is 0 Å². The number of nitrogens with zero attached hydrogens (tertiary/aromatic N) is 2. The Balaban J connectivity index is 2.02. The van der Waals surface area contributed by atoms with E-state index in [2.05, 4.69) is 52.0 Å². The summed E-state index contributed by atoms with van der Waals surface area (Å²) in [5.41, 5.74) is 9.84. The summed E-state index contributed by atoms with van der Waals surface area (Å²) in [4.78, 5) is 9.91. The van der Waals surface area contributed by atoms with Crippen LogP contribution in [0.4, 0.5) is 11.4 Å². The van der Waals surface area contributed by atoms with Crippen molar-refractivity contribution in [2.75, 3.05) is 0 Å². The SMILES string of the molecule is CC1=CC2=Nc3cc(C)c(C)cc3N=C3C=C(C)C1CC23. The highest BCUT2D eigenvalue weighted by Gasteiger charge is 2.35. The number of aryl methyl sites for hydroxylation is 2. The highest BCUT2D eigenvalue weighted by molar-refractivity contribution is 6.20. The smallest absolute Gasteiger partial charge is 0.0892 e. The standard InChI is InChI=1S/C19H20N2/c1-10-5-18-19(6-11(10)2)21-17-8-13(4)14-9-15(17)16(20-18)7-12(14)3/h5-8,14-15H,9H2,1-4H3. The number of allylic oxidation sites excluding steroid dienone is 4. The quantitative estimate of drug-likeness (QED) is 0.636. The zero-order valence-corrected chi connectivity index (χ0v) is 13.1. The normalized spacial score (nSPS) is 26.1. The number of benzene rings is 1. The van der Waals surface area contributed by atoms with E-state index < -0.39 is 0 Å². The average molecular weight is 276 g/mol. The summed E-state index contributed by atoms with van der Waals surface area (Å²) in [5.74, 6) is 0.952. The molecular formula is C19H20N2. The maximum absolute atomic E-state index is 4.95. The van der Waals surface area contributed by atoms with Crippen LogP contribution < -0.4 is 0 Å².